The highest BCUT2D eigenvalue weighted by Crippen LogP contribution is 2.35. The second-order valence-corrected chi connectivity index (χ2v) is 6.15. The fourth-order valence-corrected chi connectivity index (χ4v) is 2.85. The Bertz CT molecular complexity index is 860. The summed E-state index contributed by atoms with van der Waals surface area (Å²) in [5, 5.41) is 24.0. The van der Waals surface area contributed by atoms with Crippen LogP contribution in [0.15, 0.2) is 23.0 Å². The van der Waals surface area contributed by atoms with Crippen LogP contribution >= 0.6 is 0 Å². The molecule has 26 heavy (non-hydrogen) atoms. The minimum absolute atomic E-state index is 0.00372. The summed E-state index contributed by atoms with van der Waals surface area (Å²) in [5.74, 6) is -0.578. The largest absolute Gasteiger partial charge is 0.507 e. The Balaban J connectivity index is 1.92. The molecule has 0 bridgehead atoms. The van der Waals surface area contributed by atoms with Crippen molar-refractivity contribution in [3.8, 4) is 17.1 Å². The third-order valence-corrected chi connectivity index (χ3v) is 4.27. The topological polar surface area (TPSA) is 92.1 Å². The predicted molar refractivity (Wildman–Crippen MR) is 88.9 cm³/mol. The predicted octanol–water partition coefficient (Wildman–Crippen LogP) is 1.73. The maximum Gasteiger partial charge on any atom is 0.416 e. The van der Waals surface area contributed by atoms with E-state index >= 15 is 0 Å². The van der Waals surface area contributed by atoms with E-state index in [4.69, 9.17) is 0 Å². The van der Waals surface area contributed by atoms with E-state index in [0.29, 0.717) is 12.6 Å². The molecule has 3 N–H and O–H groups in total. The first-order chi connectivity index (χ1) is 12.3. The molecule has 1 aliphatic rings. The van der Waals surface area contributed by atoms with Crippen molar-refractivity contribution in [2.24, 2.45) is 7.05 Å². The minimum Gasteiger partial charge on any atom is -0.507 e. The molecule has 1 atom stereocenters. The number of benzene rings is 1. The Morgan fingerprint density at radius 1 is 1.35 bits per heavy atom. The van der Waals surface area contributed by atoms with Crippen LogP contribution in [0.25, 0.3) is 11.4 Å². The van der Waals surface area contributed by atoms with Crippen molar-refractivity contribution in [2.45, 2.75) is 25.1 Å². The zero-order valence-electron chi connectivity index (χ0n) is 14.0. The highest BCUT2D eigenvalue weighted by molar-refractivity contribution is 5.65. The normalized spacial score (nSPS) is 17.9. The second kappa shape index (κ2) is 6.94. The lowest BCUT2D eigenvalue weighted by Gasteiger charge is -2.24. The van der Waals surface area contributed by atoms with Gasteiger partial charge < -0.3 is 15.7 Å². The van der Waals surface area contributed by atoms with E-state index < -0.39 is 23.0 Å². The third-order valence-electron chi connectivity index (χ3n) is 4.27. The Morgan fingerprint density at radius 3 is 2.73 bits per heavy atom. The lowest BCUT2D eigenvalue weighted by Crippen LogP contribution is -2.40. The van der Waals surface area contributed by atoms with Crippen LogP contribution in [0.1, 0.15) is 18.4 Å². The van der Waals surface area contributed by atoms with Crippen molar-refractivity contribution >= 4 is 5.82 Å². The molecule has 10 heteroatoms. The van der Waals surface area contributed by atoms with Gasteiger partial charge in [0.2, 0.25) is 5.82 Å². The van der Waals surface area contributed by atoms with Gasteiger partial charge in [-0.15, -0.1) is 10.2 Å². The highest BCUT2D eigenvalue weighted by atomic mass is 19.4. The van der Waals surface area contributed by atoms with E-state index in [9.17, 15) is 23.1 Å². The van der Waals surface area contributed by atoms with Gasteiger partial charge in [-0.3, -0.25) is 9.36 Å². The van der Waals surface area contributed by atoms with Crippen LogP contribution in [0, 0.1) is 0 Å². The standard InChI is InChI=1S/C16H18F3N5O2/c1-24-14(11-5-4-9(7-12(11)25)16(17,18)19)23-22-13(15(24)26)21-10-3-2-6-20-8-10/h4-5,7,10,20,25H,2-3,6,8H2,1H3,(H,21,22)/t10-/m1/s1. The number of aromatic nitrogens is 3. The Hall–Kier alpha value is -2.62. The van der Waals surface area contributed by atoms with Gasteiger partial charge in [0.05, 0.1) is 11.1 Å². The summed E-state index contributed by atoms with van der Waals surface area (Å²) in [4.78, 5) is 12.5. The van der Waals surface area contributed by atoms with E-state index in [-0.39, 0.29) is 23.2 Å². The van der Waals surface area contributed by atoms with Gasteiger partial charge in [0.1, 0.15) is 5.75 Å². The molecule has 0 aliphatic carbocycles. The molecule has 0 unspecified atom stereocenters. The van der Waals surface area contributed by atoms with Crippen molar-refractivity contribution in [2.75, 3.05) is 18.4 Å². The van der Waals surface area contributed by atoms with Crippen LogP contribution in [-0.4, -0.2) is 39.0 Å². The average molecular weight is 369 g/mol. The average Bonchev–Trinajstić information content (AvgIpc) is 2.60. The van der Waals surface area contributed by atoms with Gasteiger partial charge in [0.25, 0.3) is 5.56 Å². The molecular formula is C16H18F3N5O2. The first-order valence-corrected chi connectivity index (χ1v) is 8.09. The number of aromatic hydroxyl groups is 1. The van der Waals surface area contributed by atoms with Gasteiger partial charge in [0.15, 0.2) is 5.82 Å². The molecule has 1 aromatic carbocycles. The zero-order chi connectivity index (χ0) is 18.9. The minimum atomic E-state index is -4.57. The zero-order valence-corrected chi connectivity index (χ0v) is 14.0. The van der Waals surface area contributed by atoms with Gasteiger partial charge in [-0.2, -0.15) is 13.2 Å². The molecule has 1 aliphatic heterocycles. The van der Waals surface area contributed by atoms with Crippen molar-refractivity contribution < 1.29 is 18.3 Å². The Morgan fingerprint density at radius 2 is 2.12 bits per heavy atom. The first kappa shape index (κ1) is 18.2. The summed E-state index contributed by atoms with van der Waals surface area (Å²) in [6, 6.07) is 2.54. The first-order valence-electron chi connectivity index (χ1n) is 8.09. The molecule has 140 valence electrons. The van der Waals surface area contributed by atoms with Crippen LogP contribution in [-0.2, 0) is 13.2 Å². The van der Waals surface area contributed by atoms with Crippen LogP contribution in [0.2, 0.25) is 0 Å². The summed E-state index contributed by atoms with van der Waals surface area (Å²) in [6.45, 7) is 1.63. The van der Waals surface area contributed by atoms with Crippen LogP contribution in [0.4, 0.5) is 19.0 Å². The van der Waals surface area contributed by atoms with Crippen molar-refractivity contribution in [1.82, 2.24) is 20.1 Å². The number of phenolic OH excluding ortho intramolecular Hbond substituents is 1. The monoisotopic (exact) mass is 369 g/mol. The number of hydrogen-bond acceptors (Lipinski definition) is 6. The van der Waals surface area contributed by atoms with Gasteiger partial charge in [-0.1, -0.05) is 0 Å². The summed E-state index contributed by atoms with van der Waals surface area (Å²) in [6.07, 6.45) is -2.71. The van der Waals surface area contributed by atoms with E-state index in [1.807, 2.05) is 0 Å². The third kappa shape index (κ3) is 3.64. The molecule has 1 fully saturated rings. The number of nitrogens with zero attached hydrogens (tertiary/aromatic N) is 3. The van der Waals surface area contributed by atoms with Gasteiger partial charge >= 0.3 is 6.18 Å². The van der Waals surface area contributed by atoms with Crippen molar-refractivity contribution in [1.29, 1.82) is 0 Å². The number of halogens is 3. The van der Waals surface area contributed by atoms with Gasteiger partial charge in [0, 0.05) is 19.6 Å². The van der Waals surface area contributed by atoms with E-state index in [1.165, 1.54) is 7.05 Å². The van der Waals surface area contributed by atoms with Crippen LogP contribution < -0.4 is 16.2 Å². The lowest BCUT2D eigenvalue weighted by atomic mass is 10.1. The second-order valence-electron chi connectivity index (χ2n) is 6.15. The fraction of sp³-hybridized carbons (Fsp3) is 0.438. The van der Waals surface area contributed by atoms with Crippen molar-refractivity contribution in [3.05, 3.63) is 34.1 Å². The fourth-order valence-electron chi connectivity index (χ4n) is 2.85. The highest BCUT2D eigenvalue weighted by Gasteiger charge is 2.31. The molecule has 7 nitrogen and oxygen atoms in total. The molecule has 3 rings (SSSR count). The molecule has 1 aromatic heterocycles. The SMILES string of the molecule is Cn1c(-c2ccc(C(F)(F)F)cc2O)nnc(N[C@@H]2CCCNC2)c1=O. The Kier molecular flexibility index (Phi) is 4.86. The van der Waals surface area contributed by atoms with E-state index in [2.05, 4.69) is 20.8 Å². The van der Waals surface area contributed by atoms with E-state index in [1.54, 1.807) is 0 Å². The molecule has 2 aromatic rings. The summed E-state index contributed by atoms with van der Waals surface area (Å²) in [7, 11) is 1.42. The molecule has 1 saturated heterocycles. The maximum atomic E-state index is 12.7. The molecule has 2 heterocycles. The Labute approximate surface area is 146 Å². The van der Waals surface area contributed by atoms with E-state index in [0.717, 1.165) is 36.1 Å². The summed E-state index contributed by atoms with van der Waals surface area (Å²) < 4.78 is 39.3. The van der Waals surface area contributed by atoms with Crippen LogP contribution in [0.3, 0.4) is 0 Å². The van der Waals surface area contributed by atoms with Crippen molar-refractivity contribution in [3.63, 3.8) is 0 Å². The number of nitrogens with one attached hydrogen (secondary N) is 2. The number of hydrogen-bond donors (Lipinski definition) is 3. The van der Waals surface area contributed by atoms with Gasteiger partial charge in [-0.25, -0.2) is 0 Å². The van der Waals surface area contributed by atoms with Crippen LogP contribution in [0.5, 0.6) is 5.75 Å². The molecule has 0 amide bonds. The van der Waals surface area contributed by atoms with Gasteiger partial charge in [-0.05, 0) is 37.6 Å². The number of anilines is 1. The summed E-state index contributed by atoms with van der Waals surface area (Å²) in [5.41, 5.74) is -1.46. The quantitative estimate of drug-likeness (QED) is 0.763. The maximum absolute atomic E-state index is 12.7. The summed E-state index contributed by atoms with van der Waals surface area (Å²) >= 11 is 0. The number of alkyl halides is 3. The smallest absolute Gasteiger partial charge is 0.416 e. The molecular weight excluding hydrogens is 351 g/mol. The lowest BCUT2D eigenvalue weighted by molar-refractivity contribution is -0.137. The molecule has 0 saturated carbocycles. The number of piperidine rings is 1. The molecule has 0 spiro atoms. The molecule has 0 radical (unpaired) electrons. The number of rotatable bonds is 3. The number of phenols is 1.